The number of aromatic carboxylic acids is 1. The Morgan fingerprint density at radius 1 is 1.00 bits per heavy atom. The minimum absolute atomic E-state index is 0.00539. The summed E-state index contributed by atoms with van der Waals surface area (Å²) in [6, 6.07) is 13.5. The maximum absolute atomic E-state index is 13.6. The van der Waals surface area contributed by atoms with Gasteiger partial charge in [-0.2, -0.15) is 0 Å². The normalized spacial score (nSPS) is 15.3. The number of nitrogens with one attached hydrogen (secondary N) is 1. The highest BCUT2D eigenvalue weighted by atomic mass is 35.5. The van der Waals surface area contributed by atoms with Gasteiger partial charge in [-0.25, -0.2) is 4.79 Å². The van der Waals surface area contributed by atoms with Crippen LogP contribution in [-0.2, 0) is 17.8 Å². The number of carboxylic acid groups (broad SMARTS) is 1. The second kappa shape index (κ2) is 9.73. The van der Waals surface area contributed by atoms with Crippen LogP contribution in [0.2, 0.25) is 10.0 Å². The first kappa shape index (κ1) is 24.2. The molecule has 1 aliphatic rings. The average Bonchev–Trinajstić information content (AvgIpc) is 2.91. The van der Waals surface area contributed by atoms with Gasteiger partial charge in [0.05, 0.1) is 31.8 Å². The molecular weight excluding hydrogens is 497 g/mol. The van der Waals surface area contributed by atoms with E-state index in [0.29, 0.717) is 21.2 Å². The number of halogens is 2. The Kier molecular flexibility index (Phi) is 6.72. The third-order valence-corrected chi connectivity index (χ3v) is 6.35. The third-order valence-electron chi connectivity index (χ3n) is 5.61. The first-order valence-corrected chi connectivity index (χ1v) is 11.1. The summed E-state index contributed by atoms with van der Waals surface area (Å²) < 4.78 is 0. The predicted molar refractivity (Wildman–Crippen MR) is 129 cm³/mol. The van der Waals surface area contributed by atoms with E-state index in [4.69, 9.17) is 28.3 Å². The van der Waals surface area contributed by atoms with Crippen LogP contribution in [0.4, 0.5) is 11.4 Å². The Balaban J connectivity index is 1.75. The molecule has 178 valence electrons. The number of carboxylic acids is 1. The number of nitro benzene ring substituents is 1. The number of benzene rings is 3. The zero-order chi connectivity index (χ0) is 25.3. The SMILES string of the molecule is O=C(O)c1ccc(CN2C(=O)c3ccc([N+](=O)[O-])cc3NC(=O)[C@H]2Cc2ccc(Cl)c(Cl)c2)cc1. The molecule has 0 aromatic heterocycles. The van der Waals surface area contributed by atoms with Crippen molar-refractivity contribution in [1.29, 1.82) is 0 Å². The molecule has 2 N–H and O–H groups in total. The molecule has 0 saturated carbocycles. The molecule has 0 saturated heterocycles. The van der Waals surface area contributed by atoms with E-state index in [9.17, 15) is 24.5 Å². The predicted octanol–water partition coefficient (Wildman–Crippen LogP) is 4.81. The molecular formula is C24H17Cl2N3O6. The summed E-state index contributed by atoms with van der Waals surface area (Å²) in [6.45, 7) is -0.00539. The number of nitrogens with zero attached hydrogens (tertiary/aromatic N) is 2. The van der Waals surface area contributed by atoms with Gasteiger partial charge in [-0.3, -0.25) is 19.7 Å². The van der Waals surface area contributed by atoms with Crippen LogP contribution < -0.4 is 5.32 Å². The largest absolute Gasteiger partial charge is 0.478 e. The lowest BCUT2D eigenvalue weighted by molar-refractivity contribution is -0.384. The van der Waals surface area contributed by atoms with Crippen molar-refractivity contribution in [2.24, 2.45) is 0 Å². The summed E-state index contributed by atoms with van der Waals surface area (Å²) in [6.07, 6.45) is 0.0950. The summed E-state index contributed by atoms with van der Waals surface area (Å²) in [7, 11) is 0. The quantitative estimate of drug-likeness (QED) is 0.359. The fourth-order valence-electron chi connectivity index (χ4n) is 3.81. The number of non-ortho nitro benzene ring substituents is 1. The number of anilines is 1. The Morgan fingerprint density at radius 3 is 2.31 bits per heavy atom. The number of carbonyl (C=O) groups excluding carboxylic acids is 2. The highest BCUT2D eigenvalue weighted by Crippen LogP contribution is 2.30. The molecule has 1 heterocycles. The Morgan fingerprint density at radius 2 is 1.69 bits per heavy atom. The molecule has 0 spiro atoms. The molecule has 0 unspecified atom stereocenters. The lowest BCUT2D eigenvalue weighted by Gasteiger charge is -2.29. The highest BCUT2D eigenvalue weighted by molar-refractivity contribution is 6.42. The monoisotopic (exact) mass is 513 g/mol. The van der Waals surface area contributed by atoms with Gasteiger partial charge in [0, 0.05) is 25.1 Å². The van der Waals surface area contributed by atoms with E-state index in [1.165, 1.54) is 29.2 Å². The zero-order valence-electron chi connectivity index (χ0n) is 17.9. The van der Waals surface area contributed by atoms with Crippen molar-refractivity contribution in [2.45, 2.75) is 19.0 Å². The van der Waals surface area contributed by atoms with Gasteiger partial charge in [0.25, 0.3) is 11.6 Å². The van der Waals surface area contributed by atoms with Crippen molar-refractivity contribution >= 4 is 52.4 Å². The first-order chi connectivity index (χ1) is 16.6. The van der Waals surface area contributed by atoms with Gasteiger partial charge in [-0.05, 0) is 41.5 Å². The molecule has 11 heteroatoms. The van der Waals surface area contributed by atoms with Crippen molar-refractivity contribution in [3.05, 3.63) is 103 Å². The van der Waals surface area contributed by atoms with E-state index in [0.717, 1.165) is 6.07 Å². The van der Waals surface area contributed by atoms with Gasteiger partial charge < -0.3 is 15.3 Å². The van der Waals surface area contributed by atoms with Crippen LogP contribution in [0, 0.1) is 10.1 Å². The van der Waals surface area contributed by atoms with Crippen LogP contribution in [0.5, 0.6) is 0 Å². The summed E-state index contributed by atoms with van der Waals surface area (Å²) in [5, 5.41) is 23.6. The number of fused-ring (bicyclic) bond motifs is 1. The second-order valence-electron chi connectivity index (χ2n) is 7.88. The fourth-order valence-corrected chi connectivity index (χ4v) is 4.13. The lowest BCUT2D eigenvalue weighted by Crippen LogP contribution is -2.46. The number of carbonyl (C=O) groups is 3. The number of hydrogen-bond acceptors (Lipinski definition) is 5. The average molecular weight is 514 g/mol. The molecule has 35 heavy (non-hydrogen) atoms. The summed E-state index contributed by atoms with van der Waals surface area (Å²) in [5.41, 5.74) is 1.20. The van der Waals surface area contributed by atoms with E-state index in [2.05, 4.69) is 5.32 Å². The van der Waals surface area contributed by atoms with Crippen LogP contribution in [0.1, 0.15) is 31.8 Å². The van der Waals surface area contributed by atoms with E-state index >= 15 is 0 Å². The minimum Gasteiger partial charge on any atom is -0.478 e. The second-order valence-corrected chi connectivity index (χ2v) is 8.69. The topological polar surface area (TPSA) is 130 Å². The maximum atomic E-state index is 13.6. The molecule has 1 atom stereocenters. The zero-order valence-corrected chi connectivity index (χ0v) is 19.4. The molecule has 1 aliphatic heterocycles. The number of amides is 2. The molecule has 2 amide bonds. The Hall–Kier alpha value is -3.95. The lowest BCUT2D eigenvalue weighted by atomic mass is 10.0. The number of hydrogen-bond donors (Lipinski definition) is 2. The molecule has 3 aromatic carbocycles. The van der Waals surface area contributed by atoms with E-state index < -0.39 is 28.7 Å². The van der Waals surface area contributed by atoms with Crippen molar-refractivity contribution in [3.63, 3.8) is 0 Å². The Labute approximate surface area is 209 Å². The number of rotatable bonds is 6. The van der Waals surface area contributed by atoms with Gasteiger partial charge in [-0.15, -0.1) is 0 Å². The highest BCUT2D eigenvalue weighted by Gasteiger charge is 2.36. The van der Waals surface area contributed by atoms with Crippen LogP contribution >= 0.6 is 23.2 Å². The molecule has 3 aromatic rings. The van der Waals surface area contributed by atoms with Crippen molar-refractivity contribution in [2.75, 3.05) is 5.32 Å². The third kappa shape index (κ3) is 5.11. The minimum atomic E-state index is -1.09. The van der Waals surface area contributed by atoms with Gasteiger partial charge in [0.2, 0.25) is 5.91 Å². The van der Waals surface area contributed by atoms with Gasteiger partial charge in [0.15, 0.2) is 0 Å². The molecule has 0 bridgehead atoms. The van der Waals surface area contributed by atoms with Gasteiger partial charge in [0.1, 0.15) is 6.04 Å². The van der Waals surface area contributed by atoms with Crippen LogP contribution in [-0.4, -0.2) is 38.8 Å². The van der Waals surface area contributed by atoms with Gasteiger partial charge in [-0.1, -0.05) is 41.4 Å². The standard InChI is InChI=1S/C24H17Cl2N3O6/c25-18-8-3-14(9-19(18)26)10-21-22(30)27-20-11-16(29(34)35)6-7-17(20)23(31)28(21)12-13-1-4-15(5-2-13)24(32)33/h1-9,11,21H,10,12H2,(H,27,30)(H,32,33)/t21-/m1/s1. The van der Waals surface area contributed by atoms with Crippen LogP contribution in [0.25, 0.3) is 0 Å². The fraction of sp³-hybridized carbons (Fsp3) is 0.125. The summed E-state index contributed by atoms with van der Waals surface area (Å²) in [5.74, 6) is -2.14. The molecule has 0 fully saturated rings. The number of nitro groups is 1. The maximum Gasteiger partial charge on any atom is 0.335 e. The Bertz CT molecular complexity index is 1360. The molecule has 4 rings (SSSR count). The van der Waals surface area contributed by atoms with Crippen molar-refractivity contribution in [1.82, 2.24) is 4.90 Å². The first-order valence-electron chi connectivity index (χ1n) is 10.3. The molecule has 0 radical (unpaired) electrons. The van der Waals surface area contributed by atoms with Gasteiger partial charge >= 0.3 is 5.97 Å². The van der Waals surface area contributed by atoms with Crippen LogP contribution in [0.3, 0.4) is 0 Å². The van der Waals surface area contributed by atoms with E-state index in [-0.39, 0.29) is 35.5 Å². The molecule has 0 aliphatic carbocycles. The summed E-state index contributed by atoms with van der Waals surface area (Å²) in [4.78, 5) is 50.0. The van der Waals surface area contributed by atoms with Crippen molar-refractivity contribution < 1.29 is 24.4 Å². The molecule has 9 nitrogen and oxygen atoms in total. The smallest absolute Gasteiger partial charge is 0.335 e. The van der Waals surface area contributed by atoms with Crippen LogP contribution in [0.15, 0.2) is 60.7 Å². The van der Waals surface area contributed by atoms with E-state index in [1.807, 2.05) is 0 Å². The summed E-state index contributed by atoms with van der Waals surface area (Å²) >= 11 is 12.1. The van der Waals surface area contributed by atoms with E-state index in [1.54, 1.807) is 30.3 Å². The van der Waals surface area contributed by atoms with Crippen molar-refractivity contribution in [3.8, 4) is 0 Å².